The third kappa shape index (κ3) is 3.40. The summed E-state index contributed by atoms with van der Waals surface area (Å²) in [6, 6.07) is 9.32. The van der Waals surface area contributed by atoms with E-state index in [2.05, 4.69) is 37.4 Å². The van der Waals surface area contributed by atoms with E-state index in [0.717, 1.165) is 5.56 Å². The fourth-order valence-corrected chi connectivity index (χ4v) is 2.26. The molecule has 2 aromatic rings. The van der Waals surface area contributed by atoms with Crippen LogP contribution in [0.3, 0.4) is 0 Å². The molecule has 100 valence electrons. The Kier molecular flexibility index (Phi) is 4.33. The summed E-state index contributed by atoms with van der Waals surface area (Å²) in [6.45, 7) is 4.79. The lowest BCUT2D eigenvalue weighted by molar-refractivity contribution is 0.629. The number of halogens is 3. The number of anilines is 1. The maximum Gasteiger partial charge on any atom is 0.160 e. The molecule has 0 saturated heterocycles. The van der Waals surface area contributed by atoms with E-state index >= 15 is 0 Å². The van der Waals surface area contributed by atoms with E-state index in [-0.39, 0.29) is 10.0 Å². The summed E-state index contributed by atoms with van der Waals surface area (Å²) in [4.78, 5) is 0. The van der Waals surface area contributed by atoms with Crippen LogP contribution in [0, 0.1) is 19.7 Å². The molecule has 2 aromatic carbocycles. The lowest BCUT2D eigenvalue weighted by Crippen LogP contribution is -2.00. The number of rotatable bonds is 3. The largest absolute Gasteiger partial charge is 0.381 e. The normalized spacial score (nSPS) is 10.6. The van der Waals surface area contributed by atoms with E-state index in [1.165, 1.54) is 23.3 Å². The highest BCUT2D eigenvalue weighted by molar-refractivity contribution is 6.35. The second kappa shape index (κ2) is 5.81. The first-order valence-corrected chi connectivity index (χ1v) is 6.67. The minimum atomic E-state index is -0.583. The molecule has 0 spiro atoms. The Morgan fingerprint density at radius 1 is 1.00 bits per heavy atom. The predicted molar refractivity (Wildman–Crippen MR) is 79.7 cm³/mol. The summed E-state index contributed by atoms with van der Waals surface area (Å²) >= 11 is 11.5. The van der Waals surface area contributed by atoms with Crippen molar-refractivity contribution in [2.75, 3.05) is 5.32 Å². The molecule has 0 bridgehead atoms. The van der Waals surface area contributed by atoms with Crippen molar-refractivity contribution in [1.82, 2.24) is 0 Å². The van der Waals surface area contributed by atoms with Crippen LogP contribution < -0.4 is 5.32 Å². The Bertz CT molecular complexity index is 588. The van der Waals surface area contributed by atoms with E-state index < -0.39 is 5.82 Å². The lowest BCUT2D eigenvalue weighted by atomic mass is 10.1. The molecule has 1 nitrogen and oxygen atoms in total. The van der Waals surface area contributed by atoms with Gasteiger partial charge in [-0.25, -0.2) is 4.39 Å². The molecule has 0 aliphatic heterocycles. The number of hydrogen-bond acceptors (Lipinski definition) is 1. The van der Waals surface area contributed by atoms with Crippen molar-refractivity contribution in [3.8, 4) is 0 Å². The molecule has 4 heteroatoms. The van der Waals surface area contributed by atoms with E-state index in [0.29, 0.717) is 12.2 Å². The monoisotopic (exact) mass is 297 g/mol. The fourth-order valence-electron chi connectivity index (χ4n) is 1.78. The average molecular weight is 298 g/mol. The molecule has 0 radical (unpaired) electrons. The molecular formula is C15H14Cl2FN. The van der Waals surface area contributed by atoms with Gasteiger partial charge in [-0.2, -0.15) is 0 Å². The highest BCUT2D eigenvalue weighted by Gasteiger charge is 2.07. The summed E-state index contributed by atoms with van der Waals surface area (Å²) < 4.78 is 13.3. The van der Waals surface area contributed by atoms with Gasteiger partial charge < -0.3 is 5.32 Å². The van der Waals surface area contributed by atoms with Crippen LogP contribution in [-0.2, 0) is 6.54 Å². The molecule has 0 saturated carbocycles. The van der Waals surface area contributed by atoms with Gasteiger partial charge in [-0.15, -0.1) is 0 Å². The molecule has 0 unspecified atom stereocenters. The van der Waals surface area contributed by atoms with Crippen molar-refractivity contribution < 1.29 is 4.39 Å². The third-order valence-electron chi connectivity index (χ3n) is 3.05. The zero-order valence-corrected chi connectivity index (χ0v) is 12.2. The zero-order valence-electron chi connectivity index (χ0n) is 10.7. The summed E-state index contributed by atoms with van der Waals surface area (Å²) in [7, 11) is 0. The van der Waals surface area contributed by atoms with Crippen LogP contribution in [0.15, 0.2) is 30.3 Å². The fraction of sp³-hybridized carbons (Fsp3) is 0.200. The zero-order chi connectivity index (χ0) is 14.0. The molecule has 19 heavy (non-hydrogen) atoms. The molecule has 0 heterocycles. The van der Waals surface area contributed by atoms with Crippen molar-refractivity contribution >= 4 is 28.9 Å². The lowest BCUT2D eigenvalue weighted by Gasteiger charge is -2.10. The molecular weight excluding hydrogens is 284 g/mol. The minimum absolute atomic E-state index is 0.0232. The van der Waals surface area contributed by atoms with Crippen LogP contribution in [0.2, 0.25) is 10.0 Å². The molecule has 0 aromatic heterocycles. The SMILES string of the molecule is Cc1ccc(CNc2cc(Cl)c(F)c(Cl)c2)cc1C. The van der Waals surface area contributed by atoms with E-state index in [4.69, 9.17) is 23.2 Å². The Labute approximate surface area is 122 Å². The smallest absolute Gasteiger partial charge is 0.160 e. The summed E-state index contributed by atoms with van der Waals surface area (Å²) in [6.07, 6.45) is 0. The van der Waals surface area contributed by atoms with Crippen LogP contribution in [0.4, 0.5) is 10.1 Å². The Morgan fingerprint density at radius 3 is 2.21 bits per heavy atom. The number of hydrogen-bond donors (Lipinski definition) is 1. The predicted octanol–water partition coefficient (Wildman–Crippen LogP) is 5.36. The first kappa shape index (κ1) is 14.2. The standard InChI is InChI=1S/C15H14Cl2FN/c1-9-3-4-11(5-10(9)2)8-19-12-6-13(16)15(18)14(17)7-12/h3-7,19H,8H2,1-2H3. The van der Waals surface area contributed by atoms with Gasteiger partial charge in [0.05, 0.1) is 10.0 Å². The van der Waals surface area contributed by atoms with E-state index in [1.807, 2.05) is 0 Å². The highest BCUT2D eigenvalue weighted by atomic mass is 35.5. The minimum Gasteiger partial charge on any atom is -0.381 e. The van der Waals surface area contributed by atoms with Crippen LogP contribution in [0.1, 0.15) is 16.7 Å². The highest BCUT2D eigenvalue weighted by Crippen LogP contribution is 2.27. The Morgan fingerprint density at radius 2 is 1.63 bits per heavy atom. The van der Waals surface area contributed by atoms with Crippen molar-refractivity contribution in [2.24, 2.45) is 0 Å². The first-order valence-electron chi connectivity index (χ1n) is 5.92. The van der Waals surface area contributed by atoms with Crippen molar-refractivity contribution in [1.29, 1.82) is 0 Å². The van der Waals surface area contributed by atoms with E-state index in [1.54, 1.807) is 0 Å². The number of benzene rings is 2. The maximum absolute atomic E-state index is 13.3. The Hall–Kier alpha value is -1.25. The van der Waals surface area contributed by atoms with Gasteiger partial charge in [-0.05, 0) is 42.7 Å². The van der Waals surface area contributed by atoms with Gasteiger partial charge in [0.15, 0.2) is 5.82 Å². The van der Waals surface area contributed by atoms with Gasteiger partial charge in [0.2, 0.25) is 0 Å². The molecule has 1 N–H and O–H groups in total. The molecule has 0 aliphatic rings. The second-order valence-electron chi connectivity index (χ2n) is 4.53. The maximum atomic E-state index is 13.3. The molecule has 0 atom stereocenters. The van der Waals surface area contributed by atoms with Crippen LogP contribution in [0.5, 0.6) is 0 Å². The average Bonchev–Trinajstić information content (AvgIpc) is 2.37. The van der Waals surface area contributed by atoms with E-state index in [9.17, 15) is 4.39 Å². The van der Waals surface area contributed by atoms with Crippen molar-refractivity contribution in [3.05, 3.63) is 62.9 Å². The van der Waals surface area contributed by atoms with Gasteiger partial charge in [-0.1, -0.05) is 41.4 Å². The van der Waals surface area contributed by atoms with Gasteiger partial charge in [-0.3, -0.25) is 0 Å². The molecule has 2 rings (SSSR count). The van der Waals surface area contributed by atoms with Crippen molar-refractivity contribution in [3.63, 3.8) is 0 Å². The topological polar surface area (TPSA) is 12.0 Å². The molecule has 0 aliphatic carbocycles. The summed E-state index contributed by atoms with van der Waals surface area (Å²) in [5, 5.41) is 3.23. The molecule has 0 amide bonds. The Balaban J connectivity index is 2.12. The summed E-state index contributed by atoms with van der Waals surface area (Å²) in [5.74, 6) is -0.583. The number of nitrogens with one attached hydrogen (secondary N) is 1. The van der Waals surface area contributed by atoms with Gasteiger partial charge >= 0.3 is 0 Å². The van der Waals surface area contributed by atoms with Crippen LogP contribution >= 0.6 is 23.2 Å². The number of aryl methyl sites for hydroxylation is 2. The third-order valence-corrected chi connectivity index (χ3v) is 3.60. The second-order valence-corrected chi connectivity index (χ2v) is 5.34. The van der Waals surface area contributed by atoms with Gasteiger partial charge in [0.25, 0.3) is 0 Å². The van der Waals surface area contributed by atoms with Crippen LogP contribution in [-0.4, -0.2) is 0 Å². The van der Waals surface area contributed by atoms with Crippen LogP contribution in [0.25, 0.3) is 0 Å². The van der Waals surface area contributed by atoms with Gasteiger partial charge in [0.1, 0.15) is 0 Å². The van der Waals surface area contributed by atoms with Crippen molar-refractivity contribution in [2.45, 2.75) is 20.4 Å². The molecule has 0 fully saturated rings. The quantitative estimate of drug-likeness (QED) is 0.752. The summed E-state index contributed by atoms with van der Waals surface area (Å²) in [5.41, 5.74) is 4.36. The van der Waals surface area contributed by atoms with Gasteiger partial charge in [0, 0.05) is 12.2 Å². The first-order chi connectivity index (χ1) is 8.97.